The maximum absolute atomic E-state index is 13.8. The van der Waals surface area contributed by atoms with Gasteiger partial charge in [0, 0.05) is 18.9 Å². The highest BCUT2D eigenvalue weighted by atomic mass is 19.1. The third-order valence-electron chi connectivity index (χ3n) is 2.97. The Bertz CT molecular complexity index is 564. The van der Waals surface area contributed by atoms with Crippen molar-refractivity contribution in [3.05, 3.63) is 47.5 Å². The fourth-order valence-electron chi connectivity index (χ4n) is 1.94. The normalized spacial score (nSPS) is 10.7. The van der Waals surface area contributed by atoms with Gasteiger partial charge in [0.15, 0.2) is 5.82 Å². The van der Waals surface area contributed by atoms with Crippen LogP contribution < -0.4 is 5.32 Å². The van der Waals surface area contributed by atoms with E-state index in [0.29, 0.717) is 12.1 Å². The topological polar surface area (TPSA) is 29.9 Å². The first-order valence-corrected chi connectivity index (χ1v) is 6.32. The zero-order valence-electron chi connectivity index (χ0n) is 11.1. The van der Waals surface area contributed by atoms with Crippen molar-refractivity contribution < 1.29 is 8.78 Å². The first-order chi connectivity index (χ1) is 9.13. The Morgan fingerprint density at radius 2 is 2.11 bits per heavy atom. The Balaban J connectivity index is 2.14. The molecule has 0 bridgehead atoms. The summed E-state index contributed by atoms with van der Waals surface area (Å²) in [4.78, 5) is 4.19. The minimum Gasteiger partial charge on any atom is -0.373 e. The van der Waals surface area contributed by atoms with Crippen molar-refractivity contribution in [2.45, 2.75) is 33.4 Å². The molecule has 1 heterocycles. The molecule has 2 aromatic rings. The molecule has 0 aliphatic carbocycles. The highest BCUT2D eigenvalue weighted by Gasteiger charge is 2.12. The Morgan fingerprint density at radius 1 is 1.32 bits per heavy atom. The van der Waals surface area contributed by atoms with Crippen molar-refractivity contribution >= 4 is 5.69 Å². The molecular formula is C14H17F2N3. The molecule has 0 saturated carbocycles. The standard InChI is InChI=1S/C14H17F2N3/c1-3-7-19-8-6-17-12(19)9-18-14-11(15)5-4-10(2)13(14)16/h4-6,8,18H,3,7,9H2,1-2H3. The van der Waals surface area contributed by atoms with Crippen LogP contribution in [-0.4, -0.2) is 9.55 Å². The number of benzene rings is 1. The van der Waals surface area contributed by atoms with Crippen LogP contribution in [0.1, 0.15) is 24.7 Å². The first-order valence-electron chi connectivity index (χ1n) is 6.32. The van der Waals surface area contributed by atoms with Crippen molar-refractivity contribution in [1.82, 2.24) is 9.55 Å². The molecule has 19 heavy (non-hydrogen) atoms. The maximum atomic E-state index is 13.8. The average molecular weight is 265 g/mol. The zero-order chi connectivity index (χ0) is 13.8. The fraction of sp³-hybridized carbons (Fsp3) is 0.357. The molecule has 0 saturated heterocycles. The smallest absolute Gasteiger partial charge is 0.152 e. The van der Waals surface area contributed by atoms with Crippen LogP contribution in [0.4, 0.5) is 14.5 Å². The van der Waals surface area contributed by atoms with Crippen molar-refractivity contribution in [3.8, 4) is 0 Å². The second-order valence-corrected chi connectivity index (χ2v) is 4.44. The van der Waals surface area contributed by atoms with E-state index in [1.807, 2.05) is 10.8 Å². The number of nitrogens with zero attached hydrogens (tertiary/aromatic N) is 2. The Morgan fingerprint density at radius 3 is 2.84 bits per heavy atom. The van der Waals surface area contributed by atoms with Gasteiger partial charge in [0.1, 0.15) is 17.3 Å². The highest BCUT2D eigenvalue weighted by Crippen LogP contribution is 2.22. The number of aromatic nitrogens is 2. The molecule has 1 aromatic heterocycles. The molecule has 0 amide bonds. The summed E-state index contributed by atoms with van der Waals surface area (Å²) < 4.78 is 29.4. The largest absolute Gasteiger partial charge is 0.373 e. The van der Waals surface area contributed by atoms with E-state index in [-0.39, 0.29) is 5.69 Å². The molecule has 5 heteroatoms. The Kier molecular flexibility index (Phi) is 4.14. The number of halogens is 2. The number of imidazole rings is 1. The number of hydrogen-bond acceptors (Lipinski definition) is 2. The summed E-state index contributed by atoms with van der Waals surface area (Å²) in [5.41, 5.74) is 0.326. The SMILES string of the molecule is CCCn1ccnc1CNc1c(F)ccc(C)c1F. The fourth-order valence-corrected chi connectivity index (χ4v) is 1.94. The average Bonchev–Trinajstić information content (AvgIpc) is 2.82. The van der Waals surface area contributed by atoms with Crippen LogP contribution in [0, 0.1) is 18.6 Å². The van der Waals surface area contributed by atoms with E-state index in [9.17, 15) is 8.78 Å². The van der Waals surface area contributed by atoms with E-state index in [4.69, 9.17) is 0 Å². The van der Waals surface area contributed by atoms with Gasteiger partial charge in [0.25, 0.3) is 0 Å². The van der Waals surface area contributed by atoms with E-state index in [0.717, 1.165) is 18.8 Å². The number of rotatable bonds is 5. The lowest BCUT2D eigenvalue weighted by Crippen LogP contribution is -2.10. The lowest BCUT2D eigenvalue weighted by molar-refractivity contribution is 0.580. The second-order valence-electron chi connectivity index (χ2n) is 4.44. The van der Waals surface area contributed by atoms with Crippen molar-refractivity contribution in [1.29, 1.82) is 0 Å². The van der Waals surface area contributed by atoms with Gasteiger partial charge in [-0.25, -0.2) is 13.8 Å². The predicted octanol–water partition coefficient (Wildman–Crippen LogP) is 3.49. The third kappa shape index (κ3) is 2.92. The maximum Gasteiger partial charge on any atom is 0.152 e. The molecular weight excluding hydrogens is 248 g/mol. The first kappa shape index (κ1) is 13.5. The monoisotopic (exact) mass is 265 g/mol. The minimum atomic E-state index is -0.586. The minimum absolute atomic E-state index is 0.0916. The summed E-state index contributed by atoms with van der Waals surface area (Å²) in [6.45, 7) is 4.81. The van der Waals surface area contributed by atoms with Gasteiger partial charge in [-0.1, -0.05) is 13.0 Å². The van der Waals surface area contributed by atoms with Crippen molar-refractivity contribution in [3.63, 3.8) is 0 Å². The molecule has 0 aliphatic rings. The summed E-state index contributed by atoms with van der Waals surface area (Å²) in [6.07, 6.45) is 4.54. The molecule has 102 valence electrons. The van der Waals surface area contributed by atoms with Crippen LogP contribution in [0.25, 0.3) is 0 Å². The summed E-state index contributed by atoms with van der Waals surface area (Å²) in [6, 6.07) is 2.69. The van der Waals surface area contributed by atoms with Gasteiger partial charge in [-0.2, -0.15) is 0 Å². The van der Waals surface area contributed by atoms with Crippen molar-refractivity contribution in [2.75, 3.05) is 5.32 Å². The van der Waals surface area contributed by atoms with E-state index in [1.54, 1.807) is 13.1 Å². The van der Waals surface area contributed by atoms with E-state index in [1.165, 1.54) is 12.1 Å². The number of anilines is 1. The molecule has 0 spiro atoms. The zero-order valence-corrected chi connectivity index (χ0v) is 11.1. The molecule has 0 aliphatic heterocycles. The molecule has 0 radical (unpaired) electrons. The van der Waals surface area contributed by atoms with Crippen LogP contribution in [0.2, 0.25) is 0 Å². The molecule has 1 N–H and O–H groups in total. The number of nitrogens with one attached hydrogen (secondary N) is 1. The quantitative estimate of drug-likeness (QED) is 0.896. The Hall–Kier alpha value is -1.91. The number of aryl methyl sites for hydroxylation is 2. The summed E-state index contributed by atoms with van der Waals surface area (Å²) in [5, 5.41) is 2.79. The molecule has 3 nitrogen and oxygen atoms in total. The van der Waals surface area contributed by atoms with E-state index >= 15 is 0 Å². The second kappa shape index (κ2) is 5.82. The van der Waals surface area contributed by atoms with Gasteiger partial charge >= 0.3 is 0 Å². The molecule has 1 aromatic carbocycles. The summed E-state index contributed by atoms with van der Waals surface area (Å²) in [5.74, 6) is -0.368. The van der Waals surface area contributed by atoms with Crippen LogP contribution in [0.5, 0.6) is 0 Å². The summed E-state index contributed by atoms with van der Waals surface area (Å²) >= 11 is 0. The molecule has 0 atom stereocenters. The molecule has 0 unspecified atom stereocenters. The highest BCUT2D eigenvalue weighted by molar-refractivity contribution is 5.48. The van der Waals surface area contributed by atoms with Crippen LogP contribution in [0.3, 0.4) is 0 Å². The van der Waals surface area contributed by atoms with Crippen LogP contribution >= 0.6 is 0 Å². The lowest BCUT2D eigenvalue weighted by Gasteiger charge is -2.11. The third-order valence-corrected chi connectivity index (χ3v) is 2.97. The van der Waals surface area contributed by atoms with E-state index < -0.39 is 11.6 Å². The molecule has 2 rings (SSSR count). The Labute approximate surface area is 111 Å². The van der Waals surface area contributed by atoms with Crippen LogP contribution in [-0.2, 0) is 13.1 Å². The lowest BCUT2D eigenvalue weighted by atomic mass is 10.2. The van der Waals surface area contributed by atoms with Gasteiger partial charge in [-0.3, -0.25) is 0 Å². The number of hydrogen-bond donors (Lipinski definition) is 1. The van der Waals surface area contributed by atoms with Gasteiger partial charge in [0.05, 0.1) is 6.54 Å². The predicted molar refractivity (Wildman–Crippen MR) is 70.9 cm³/mol. The molecule has 0 fully saturated rings. The van der Waals surface area contributed by atoms with Gasteiger partial charge < -0.3 is 9.88 Å². The van der Waals surface area contributed by atoms with E-state index in [2.05, 4.69) is 17.2 Å². The van der Waals surface area contributed by atoms with Crippen molar-refractivity contribution in [2.24, 2.45) is 0 Å². The van der Waals surface area contributed by atoms with Gasteiger partial charge in [-0.05, 0) is 25.0 Å². The van der Waals surface area contributed by atoms with Gasteiger partial charge in [-0.15, -0.1) is 0 Å². The van der Waals surface area contributed by atoms with Crippen LogP contribution in [0.15, 0.2) is 24.5 Å². The van der Waals surface area contributed by atoms with Gasteiger partial charge in [0.2, 0.25) is 0 Å². The summed E-state index contributed by atoms with van der Waals surface area (Å²) in [7, 11) is 0.